The Morgan fingerprint density at radius 1 is 1.04 bits per heavy atom. The Balaban J connectivity index is 1.61. The quantitative estimate of drug-likeness (QED) is 0.446. The molecule has 0 heterocycles. The van der Waals surface area contributed by atoms with E-state index in [0.717, 1.165) is 23.7 Å². The Kier molecular flexibility index (Phi) is 4.01. The molecule has 0 radical (unpaired) electrons. The molecule has 4 aliphatic carbocycles. The van der Waals surface area contributed by atoms with Gasteiger partial charge in [-0.2, -0.15) is 0 Å². The minimum atomic E-state index is 0.251. The molecule has 0 N–H and O–H groups in total. The Labute approximate surface area is 148 Å². The highest BCUT2D eigenvalue weighted by Crippen LogP contribution is 2.68. The molecular weight excluding hydrogens is 292 g/mol. The molecule has 0 aromatic rings. The van der Waals surface area contributed by atoms with Crippen molar-refractivity contribution in [1.82, 2.24) is 0 Å². The van der Waals surface area contributed by atoms with Gasteiger partial charge in [-0.1, -0.05) is 32.9 Å². The molecular formula is C23H36O. The molecule has 0 saturated heterocycles. The zero-order valence-electron chi connectivity index (χ0n) is 16.0. The fourth-order valence-electron chi connectivity index (χ4n) is 8.16. The number of carbonyl (C=O) groups excluding carboxylic acids is 1. The molecule has 0 amide bonds. The lowest BCUT2D eigenvalue weighted by molar-refractivity contribution is -0.121. The van der Waals surface area contributed by atoms with Gasteiger partial charge in [-0.15, -0.1) is 0 Å². The average Bonchev–Trinajstić information content (AvgIpc) is 2.92. The van der Waals surface area contributed by atoms with E-state index in [-0.39, 0.29) is 5.92 Å². The highest BCUT2D eigenvalue weighted by Gasteiger charge is 2.60. The van der Waals surface area contributed by atoms with Gasteiger partial charge in [0.1, 0.15) is 6.29 Å². The maximum atomic E-state index is 11.5. The standard InChI is InChI=1S/C23H36O/c1-15-9-11-22(3)17(13-15)5-6-18-20-8-7-19(16(2)14-24)23(20,4)12-10-21(18)22/h14,16-21H,1,5-13H2,2-4H3/t16-,17-,18+,19-,20+,21+,22+,23-/m1/s1. The van der Waals surface area contributed by atoms with E-state index >= 15 is 0 Å². The van der Waals surface area contributed by atoms with Crippen LogP contribution in [0.2, 0.25) is 0 Å². The van der Waals surface area contributed by atoms with Crippen molar-refractivity contribution in [2.45, 2.75) is 78.6 Å². The van der Waals surface area contributed by atoms with Gasteiger partial charge >= 0.3 is 0 Å². The summed E-state index contributed by atoms with van der Waals surface area (Å²) in [7, 11) is 0. The van der Waals surface area contributed by atoms with Crippen LogP contribution in [0.1, 0.15) is 78.6 Å². The summed E-state index contributed by atoms with van der Waals surface area (Å²) in [5, 5.41) is 0. The summed E-state index contributed by atoms with van der Waals surface area (Å²) in [6.07, 6.45) is 13.5. The van der Waals surface area contributed by atoms with E-state index in [9.17, 15) is 4.79 Å². The second kappa shape index (κ2) is 5.71. The van der Waals surface area contributed by atoms with Crippen LogP contribution in [0, 0.1) is 46.3 Å². The molecule has 1 nitrogen and oxygen atoms in total. The molecule has 0 spiro atoms. The van der Waals surface area contributed by atoms with Crippen molar-refractivity contribution in [3.05, 3.63) is 12.2 Å². The largest absolute Gasteiger partial charge is 0.303 e. The van der Waals surface area contributed by atoms with Crippen LogP contribution in [0.25, 0.3) is 0 Å². The van der Waals surface area contributed by atoms with E-state index in [4.69, 9.17) is 0 Å². The molecule has 134 valence electrons. The van der Waals surface area contributed by atoms with Gasteiger partial charge in [-0.25, -0.2) is 0 Å². The number of hydrogen-bond donors (Lipinski definition) is 0. The van der Waals surface area contributed by atoms with Gasteiger partial charge in [0, 0.05) is 5.92 Å². The molecule has 0 aromatic carbocycles. The zero-order chi connectivity index (χ0) is 17.1. The maximum Gasteiger partial charge on any atom is 0.123 e. The molecule has 0 unspecified atom stereocenters. The number of rotatable bonds is 2. The molecule has 0 bridgehead atoms. The maximum absolute atomic E-state index is 11.5. The summed E-state index contributed by atoms with van der Waals surface area (Å²) in [6, 6.07) is 0. The Hall–Kier alpha value is -0.590. The van der Waals surface area contributed by atoms with Crippen LogP contribution < -0.4 is 0 Å². The summed E-state index contributed by atoms with van der Waals surface area (Å²) in [5.74, 6) is 4.54. The van der Waals surface area contributed by atoms with Crippen molar-refractivity contribution in [2.75, 3.05) is 0 Å². The Bertz CT molecular complexity index is 536. The van der Waals surface area contributed by atoms with Crippen LogP contribution in [-0.4, -0.2) is 6.29 Å². The van der Waals surface area contributed by atoms with Crippen molar-refractivity contribution in [3.63, 3.8) is 0 Å². The molecule has 4 fully saturated rings. The van der Waals surface area contributed by atoms with Crippen molar-refractivity contribution in [1.29, 1.82) is 0 Å². The topological polar surface area (TPSA) is 17.1 Å². The lowest BCUT2D eigenvalue weighted by Crippen LogP contribution is -2.53. The van der Waals surface area contributed by atoms with Gasteiger partial charge < -0.3 is 4.79 Å². The SMILES string of the molecule is C=C1CC[C@@]2(C)[C@H](CC[C@@H]3[C@@H]2CC[C@]2(C)[C@@H]([C@H](C)C=O)CC[C@@H]32)C1. The van der Waals surface area contributed by atoms with Crippen molar-refractivity contribution in [3.8, 4) is 0 Å². The van der Waals surface area contributed by atoms with Crippen LogP contribution in [-0.2, 0) is 4.79 Å². The smallest absolute Gasteiger partial charge is 0.123 e. The first-order valence-electron chi connectivity index (χ1n) is 10.5. The van der Waals surface area contributed by atoms with Gasteiger partial charge in [0.05, 0.1) is 0 Å². The third-order valence-corrected chi connectivity index (χ3v) is 9.54. The molecule has 0 aliphatic heterocycles. The zero-order valence-corrected chi connectivity index (χ0v) is 16.0. The van der Waals surface area contributed by atoms with Gasteiger partial charge in [-0.3, -0.25) is 0 Å². The van der Waals surface area contributed by atoms with Crippen LogP contribution >= 0.6 is 0 Å². The van der Waals surface area contributed by atoms with Crippen LogP contribution in [0.4, 0.5) is 0 Å². The second-order valence-electron chi connectivity index (χ2n) is 10.3. The number of aldehydes is 1. The van der Waals surface area contributed by atoms with Gasteiger partial charge in [-0.05, 0) is 98.2 Å². The molecule has 24 heavy (non-hydrogen) atoms. The minimum absolute atomic E-state index is 0.251. The van der Waals surface area contributed by atoms with E-state index in [0.29, 0.717) is 16.7 Å². The fourth-order valence-corrected chi connectivity index (χ4v) is 8.16. The lowest BCUT2D eigenvalue weighted by Gasteiger charge is -2.61. The van der Waals surface area contributed by atoms with Crippen LogP contribution in [0.5, 0.6) is 0 Å². The van der Waals surface area contributed by atoms with Crippen molar-refractivity contribution >= 4 is 6.29 Å². The van der Waals surface area contributed by atoms with E-state index in [1.807, 2.05) is 0 Å². The third kappa shape index (κ3) is 2.22. The number of carbonyl (C=O) groups is 1. The first-order chi connectivity index (χ1) is 11.4. The molecule has 4 saturated carbocycles. The highest BCUT2D eigenvalue weighted by molar-refractivity contribution is 5.53. The number of allylic oxidation sites excluding steroid dienone is 1. The summed E-state index contributed by atoms with van der Waals surface area (Å²) in [5.41, 5.74) is 2.51. The molecule has 0 aromatic heterocycles. The minimum Gasteiger partial charge on any atom is -0.303 e. The normalized spacial score (nSPS) is 52.1. The molecule has 4 aliphatic rings. The number of fused-ring (bicyclic) bond motifs is 5. The van der Waals surface area contributed by atoms with E-state index in [1.165, 1.54) is 69.6 Å². The van der Waals surface area contributed by atoms with E-state index < -0.39 is 0 Å². The first kappa shape index (κ1) is 16.9. The molecule has 8 atom stereocenters. The third-order valence-electron chi connectivity index (χ3n) is 9.54. The predicted octanol–water partition coefficient (Wildman–Crippen LogP) is 6.04. The molecule has 4 rings (SSSR count). The van der Waals surface area contributed by atoms with Gasteiger partial charge in [0.25, 0.3) is 0 Å². The predicted molar refractivity (Wildman–Crippen MR) is 99.6 cm³/mol. The second-order valence-corrected chi connectivity index (χ2v) is 10.3. The van der Waals surface area contributed by atoms with Crippen LogP contribution in [0.15, 0.2) is 12.2 Å². The average molecular weight is 329 g/mol. The van der Waals surface area contributed by atoms with Crippen molar-refractivity contribution in [2.24, 2.45) is 46.3 Å². The number of hydrogen-bond acceptors (Lipinski definition) is 1. The van der Waals surface area contributed by atoms with E-state index in [2.05, 4.69) is 27.4 Å². The van der Waals surface area contributed by atoms with E-state index in [1.54, 1.807) is 0 Å². The van der Waals surface area contributed by atoms with Crippen molar-refractivity contribution < 1.29 is 4.79 Å². The first-order valence-corrected chi connectivity index (χ1v) is 10.5. The summed E-state index contributed by atoms with van der Waals surface area (Å²) < 4.78 is 0. The highest BCUT2D eigenvalue weighted by atomic mass is 16.1. The van der Waals surface area contributed by atoms with Gasteiger partial charge in [0.2, 0.25) is 0 Å². The lowest BCUT2D eigenvalue weighted by atomic mass is 9.44. The molecule has 1 heteroatoms. The van der Waals surface area contributed by atoms with Crippen LogP contribution in [0.3, 0.4) is 0 Å². The fraction of sp³-hybridized carbons (Fsp3) is 0.870. The summed E-state index contributed by atoms with van der Waals surface area (Å²) in [4.78, 5) is 11.5. The Morgan fingerprint density at radius 2 is 1.79 bits per heavy atom. The Morgan fingerprint density at radius 3 is 2.54 bits per heavy atom. The van der Waals surface area contributed by atoms with Gasteiger partial charge in [0.15, 0.2) is 0 Å². The summed E-state index contributed by atoms with van der Waals surface area (Å²) >= 11 is 0. The summed E-state index contributed by atoms with van der Waals surface area (Å²) in [6.45, 7) is 11.7. The monoisotopic (exact) mass is 328 g/mol.